The van der Waals surface area contributed by atoms with Gasteiger partial charge in [0.2, 0.25) is 0 Å². The zero-order valence-electron chi connectivity index (χ0n) is 14.3. The molecular formula is C22H24O3. The average molecular weight is 336 g/mol. The molecule has 0 amide bonds. The molecule has 2 N–H and O–H groups in total. The molecule has 2 aliphatic carbocycles. The number of carboxylic acids is 1. The molecule has 0 spiro atoms. The van der Waals surface area contributed by atoms with Gasteiger partial charge in [-0.1, -0.05) is 36.4 Å². The average Bonchev–Trinajstić information content (AvgIpc) is 2.62. The van der Waals surface area contributed by atoms with E-state index in [1.165, 1.54) is 16.7 Å². The van der Waals surface area contributed by atoms with E-state index in [9.17, 15) is 15.0 Å². The topological polar surface area (TPSA) is 57.5 Å². The number of carboxylic acid groups (broad SMARTS) is 1. The van der Waals surface area contributed by atoms with Crippen LogP contribution in [-0.4, -0.2) is 22.3 Å². The van der Waals surface area contributed by atoms with Gasteiger partial charge in [-0.25, -0.2) is 4.79 Å². The molecule has 0 saturated heterocycles. The van der Waals surface area contributed by atoms with Crippen molar-refractivity contribution in [1.29, 1.82) is 0 Å². The zero-order chi connectivity index (χ0) is 17.4. The maximum Gasteiger partial charge on any atom is 0.335 e. The van der Waals surface area contributed by atoms with Crippen LogP contribution in [0, 0.1) is 5.92 Å². The van der Waals surface area contributed by atoms with Crippen LogP contribution >= 0.6 is 0 Å². The molecule has 4 rings (SSSR count). The van der Waals surface area contributed by atoms with Crippen molar-refractivity contribution >= 4 is 5.97 Å². The first-order chi connectivity index (χ1) is 12.1. The Kier molecular flexibility index (Phi) is 4.12. The van der Waals surface area contributed by atoms with Crippen LogP contribution in [0.3, 0.4) is 0 Å². The van der Waals surface area contributed by atoms with Crippen molar-refractivity contribution < 1.29 is 15.0 Å². The highest BCUT2D eigenvalue weighted by Crippen LogP contribution is 2.52. The van der Waals surface area contributed by atoms with Gasteiger partial charge in [0.15, 0.2) is 0 Å². The normalized spacial score (nSPS) is 28.0. The van der Waals surface area contributed by atoms with Gasteiger partial charge in [-0.3, -0.25) is 0 Å². The van der Waals surface area contributed by atoms with E-state index in [0.29, 0.717) is 11.5 Å². The largest absolute Gasteiger partial charge is 0.478 e. The lowest BCUT2D eigenvalue weighted by molar-refractivity contribution is 0.0406. The van der Waals surface area contributed by atoms with Gasteiger partial charge in [-0.15, -0.1) is 0 Å². The van der Waals surface area contributed by atoms with Crippen LogP contribution in [0.15, 0.2) is 48.5 Å². The number of aromatic carboxylic acids is 1. The molecule has 1 fully saturated rings. The summed E-state index contributed by atoms with van der Waals surface area (Å²) in [4.78, 5) is 11.4. The number of carbonyl (C=O) groups is 1. The number of rotatable bonds is 3. The third kappa shape index (κ3) is 2.87. The standard InChI is InChI=1S/C22H24O3/c23-19-10-11-22(14-15-4-2-1-3-5-15)18(13-19)8-6-16-12-17(21(24)25)7-9-20(16)22/h1-5,7,9,12,18-19,23H,6,8,10-11,13-14H2,(H,24,25)/t18?,19?,22-/m0/s1. The summed E-state index contributed by atoms with van der Waals surface area (Å²) in [5, 5.41) is 19.5. The Balaban J connectivity index is 1.80. The summed E-state index contributed by atoms with van der Waals surface area (Å²) in [5.41, 5.74) is 4.21. The Labute approximate surface area is 148 Å². The molecule has 1 saturated carbocycles. The van der Waals surface area contributed by atoms with Gasteiger partial charge in [-0.2, -0.15) is 0 Å². The van der Waals surface area contributed by atoms with Crippen molar-refractivity contribution in [3.63, 3.8) is 0 Å². The fraction of sp³-hybridized carbons (Fsp3) is 0.409. The first kappa shape index (κ1) is 16.3. The number of aliphatic hydroxyl groups excluding tert-OH is 1. The molecule has 3 nitrogen and oxygen atoms in total. The van der Waals surface area contributed by atoms with Gasteiger partial charge in [0.05, 0.1) is 11.7 Å². The maximum atomic E-state index is 11.4. The minimum absolute atomic E-state index is 0.0190. The summed E-state index contributed by atoms with van der Waals surface area (Å²) >= 11 is 0. The van der Waals surface area contributed by atoms with Crippen LogP contribution in [0.5, 0.6) is 0 Å². The fourth-order valence-electron chi connectivity index (χ4n) is 5.09. The van der Waals surface area contributed by atoms with Crippen LogP contribution in [-0.2, 0) is 18.3 Å². The van der Waals surface area contributed by atoms with E-state index in [0.717, 1.165) is 38.5 Å². The van der Waals surface area contributed by atoms with Gasteiger partial charge in [0.1, 0.15) is 0 Å². The van der Waals surface area contributed by atoms with Gasteiger partial charge >= 0.3 is 5.97 Å². The van der Waals surface area contributed by atoms with Crippen molar-refractivity contribution in [2.45, 2.75) is 50.0 Å². The molecule has 0 radical (unpaired) electrons. The van der Waals surface area contributed by atoms with Crippen LogP contribution in [0.25, 0.3) is 0 Å². The van der Waals surface area contributed by atoms with E-state index in [-0.39, 0.29) is 11.5 Å². The Morgan fingerprint density at radius 2 is 1.92 bits per heavy atom. The summed E-state index contributed by atoms with van der Waals surface area (Å²) in [7, 11) is 0. The Hall–Kier alpha value is -2.13. The van der Waals surface area contributed by atoms with Gasteiger partial charge in [-0.05, 0) is 73.3 Å². The van der Waals surface area contributed by atoms with Gasteiger partial charge in [0.25, 0.3) is 0 Å². The van der Waals surface area contributed by atoms with E-state index in [1.807, 2.05) is 18.2 Å². The molecule has 2 aliphatic rings. The molecule has 3 heteroatoms. The second-order valence-electron chi connectivity index (χ2n) is 7.66. The number of aryl methyl sites for hydroxylation is 1. The van der Waals surface area contributed by atoms with Gasteiger partial charge in [0, 0.05) is 5.41 Å². The van der Waals surface area contributed by atoms with Crippen LogP contribution in [0.4, 0.5) is 0 Å². The molecule has 2 unspecified atom stereocenters. The van der Waals surface area contributed by atoms with Crippen molar-refractivity contribution in [2.24, 2.45) is 5.92 Å². The molecule has 2 aromatic carbocycles. The summed E-state index contributed by atoms with van der Waals surface area (Å²) in [6.45, 7) is 0. The van der Waals surface area contributed by atoms with Crippen LogP contribution in [0.1, 0.15) is 52.7 Å². The molecule has 130 valence electrons. The molecule has 0 aromatic heterocycles. The quantitative estimate of drug-likeness (QED) is 0.891. The maximum absolute atomic E-state index is 11.4. The molecule has 2 aromatic rings. The first-order valence-corrected chi connectivity index (χ1v) is 9.17. The molecule has 3 atom stereocenters. The Morgan fingerprint density at radius 1 is 1.12 bits per heavy atom. The van der Waals surface area contributed by atoms with Crippen molar-refractivity contribution in [1.82, 2.24) is 0 Å². The highest BCUT2D eigenvalue weighted by Gasteiger charge is 2.47. The third-order valence-electron chi connectivity index (χ3n) is 6.27. The number of hydrogen-bond donors (Lipinski definition) is 2. The summed E-state index contributed by atoms with van der Waals surface area (Å²) in [6.07, 6.45) is 5.34. The lowest BCUT2D eigenvalue weighted by Crippen LogP contribution is -2.46. The van der Waals surface area contributed by atoms with Crippen LogP contribution in [0.2, 0.25) is 0 Å². The molecule has 0 heterocycles. The number of aliphatic hydroxyl groups is 1. The lowest BCUT2D eigenvalue weighted by Gasteiger charge is -2.50. The second kappa shape index (κ2) is 6.30. The number of benzene rings is 2. The Morgan fingerprint density at radius 3 is 2.68 bits per heavy atom. The van der Waals surface area contributed by atoms with Crippen molar-refractivity contribution in [3.05, 3.63) is 70.8 Å². The molecular weight excluding hydrogens is 312 g/mol. The SMILES string of the molecule is O=C(O)c1ccc2c(c1)CCC1CC(O)CC[C@@]21Cc1ccccc1. The van der Waals surface area contributed by atoms with Crippen molar-refractivity contribution in [2.75, 3.05) is 0 Å². The predicted octanol–water partition coefficient (Wildman–Crippen LogP) is 3.97. The molecule has 0 bridgehead atoms. The minimum Gasteiger partial charge on any atom is -0.478 e. The van der Waals surface area contributed by atoms with E-state index in [2.05, 4.69) is 24.3 Å². The highest BCUT2D eigenvalue weighted by atomic mass is 16.4. The van der Waals surface area contributed by atoms with Crippen molar-refractivity contribution in [3.8, 4) is 0 Å². The first-order valence-electron chi connectivity index (χ1n) is 9.17. The molecule has 25 heavy (non-hydrogen) atoms. The van der Waals surface area contributed by atoms with Crippen LogP contribution < -0.4 is 0 Å². The van der Waals surface area contributed by atoms with E-state index < -0.39 is 5.97 Å². The summed E-state index contributed by atoms with van der Waals surface area (Å²) in [5.74, 6) is -0.402. The lowest BCUT2D eigenvalue weighted by atomic mass is 9.54. The second-order valence-corrected chi connectivity index (χ2v) is 7.66. The predicted molar refractivity (Wildman–Crippen MR) is 96.9 cm³/mol. The number of fused-ring (bicyclic) bond motifs is 3. The zero-order valence-corrected chi connectivity index (χ0v) is 14.3. The van der Waals surface area contributed by atoms with E-state index >= 15 is 0 Å². The third-order valence-corrected chi connectivity index (χ3v) is 6.27. The summed E-state index contributed by atoms with van der Waals surface area (Å²) in [6, 6.07) is 16.2. The number of hydrogen-bond acceptors (Lipinski definition) is 2. The molecule has 0 aliphatic heterocycles. The van der Waals surface area contributed by atoms with E-state index in [4.69, 9.17) is 0 Å². The van der Waals surface area contributed by atoms with Gasteiger partial charge < -0.3 is 10.2 Å². The minimum atomic E-state index is -0.860. The monoisotopic (exact) mass is 336 g/mol. The highest BCUT2D eigenvalue weighted by molar-refractivity contribution is 5.88. The fourth-order valence-corrected chi connectivity index (χ4v) is 5.09. The van der Waals surface area contributed by atoms with E-state index in [1.54, 1.807) is 6.07 Å². The summed E-state index contributed by atoms with van der Waals surface area (Å²) < 4.78 is 0. The Bertz CT molecular complexity index is 783. The smallest absolute Gasteiger partial charge is 0.335 e.